The van der Waals surface area contributed by atoms with Crippen molar-refractivity contribution in [1.82, 2.24) is 24.4 Å². The maximum Gasteiger partial charge on any atom is 0.335 e. The molecule has 4 aliphatic rings. The molecule has 0 radical (unpaired) electrons. The molecular weight excluding hydrogens is 611 g/mol. The van der Waals surface area contributed by atoms with Crippen LogP contribution in [0.1, 0.15) is 73.6 Å². The lowest BCUT2D eigenvalue weighted by atomic mass is 9.94. The van der Waals surface area contributed by atoms with Crippen LogP contribution in [0.5, 0.6) is 0 Å². The number of aromatic nitrogens is 2. The SMILES string of the molecule is Cc1cn(C2OC34CO[Si](C(C)C)(C(C)C)O[Si](C(C)C)(C(C)C)OC3C2ON(CCCN2CCN(C)CC2)C4)c(=O)[nH]c1=O. The van der Waals surface area contributed by atoms with Gasteiger partial charge < -0.3 is 27.5 Å². The van der Waals surface area contributed by atoms with Crippen LogP contribution in [0, 0.1) is 6.92 Å². The summed E-state index contributed by atoms with van der Waals surface area (Å²) >= 11 is 0. The summed E-state index contributed by atoms with van der Waals surface area (Å²) < 4.78 is 30.5. The highest BCUT2D eigenvalue weighted by molar-refractivity contribution is 6.84. The van der Waals surface area contributed by atoms with Gasteiger partial charge in [-0.05, 0) is 49.1 Å². The van der Waals surface area contributed by atoms with Crippen LogP contribution < -0.4 is 11.2 Å². The third-order valence-corrected chi connectivity index (χ3v) is 20.7. The first-order chi connectivity index (χ1) is 21.1. The number of likely N-dealkylation sites (N-methyl/N-ethyl adjacent to an activating group) is 1. The molecule has 5 heterocycles. The van der Waals surface area contributed by atoms with Crippen LogP contribution in [-0.4, -0.2) is 119 Å². The quantitative estimate of drug-likeness (QED) is 0.394. The third kappa shape index (κ3) is 6.48. The summed E-state index contributed by atoms with van der Waals surface area (Å²) in [5.41, 5.74) is -0.742. The highest BCUT2D eigenvalue weighted by Crippen LogP contribution is 2.53. The van der Waals surface area contributed by atoms with E-state index in [-0.39, 0.29) is 28.8 Å². The van der Waals surface area contributed by atoms with Crippen molar-refractivity contribution in [2.45, 2.75) is 115 Å². The topological polar surface area (TPSA) is 111 Å². The fourth-order valence-corrected chi connectivity index (χ4v) is 19.0. The lowest BCUT2D eigenvalue weighted by Gasteiger charge is -2.55. The van der Waals surface area contributed by atoms with Gasteiger partial charge in [0.05, 0.1) is 13.2 Å². The summed E-state index contributed by atoms with van der Waals surface area (Å²) in [7, 11) is -3.64. The Balaban J connectivity index is 1.54. The zero-order chi connectivity index (χ0) is 32.9. The van der Waals surface area contributed by atoms with Crippen molar-refractivity contribution in [2.75, 3.05) is 59.5 Å². The molecule has 0 aromatic carbocycles. The van der Waals surface area contributed by atoms with Gasteiger partial charge in [0.1, 0.15) is 11.7 Å². The lowest BCUT2D eigenvalue weighted by molar-refractivity contribution is -0.269. The fraction of sp³-hybridized carbons (Fsp3) is 0.871. The number of hydroxylamine groups is 2. The molecule has 4 atom stereocenters. The minimum atomic E-state index is -2.98. The summed E-state index contributed by atoms with van der Waals surface area (Å²) in [6.45, 7) is 26.1. The Morgan fingerprint density at radius 3 is 2.16 bits per heavy atom. The normalized spacial score (nSPS) is 31.1. The van der Waals surface area contributed by atoms with E-state index in [1.54, 1.807) is 13.1 Å². The highest BCUT2D eigenvalue weighted by Gasteiger charge is 2.69. The summed E-state index contributed by atoms with van der Waals surface area (Å²) in [4.78, 5) is 39.7. The number of nitrogens with one attached hydrogen (secondary N) is 1. The van der Waals surface area contributed by atoms with Crippen LogP contribution in [0.2, 0.25) is 22.2 Å². The van der Waals surface area contributed by atoms with E-state index >= 15 is 0 Å². The summed E-state index contributed by atoms with van der Waals surface area (Å²) in [6, 6.07) is 0. The monoisotopic (exact) mass is 667 g/mol. The number of nitrogens with zero attached hydrogens (tertiary/aromatic N) is 4. The van der Waals surface area contributed by atoms with Gasteiger partial charge in [-0.15, -0.1) is 0 Å². The molecule has 0 spiro atoms. The van der Waals surface area contributed by atoms with Gasteiger partial charge in [-0.2, -0.15) is 5.06 Å². The largest absolute Gasteiger partial charge is 0.414 e. The molecule has 4 aliphatic heterocycles. The second-order valence-electron chi connectivity index (χ2n) is 15.0. The molecule has 0 saturated carbocycles. The Morgan fingerprint density at radius 2 is 1.56 bits per heavy atom. The van der Waals surface area contributed by atoms with Crippen LogP contribution in [0.25, 0.3) is 0 Å². The molecule has 5 rings (SSSR count). The van der Waals surface area contributed by atoms with Gasteiger partial charge in [0.2, 0.25) is 0 Å². The van der Waals surface area contributed by atoms with Gasteiger partial charge in [-0.25, -0.2) is 4.79 Å². The zero-order valence-electron chi connectivity index (χ0n) is 29.1. The molecule has 14 heteroatoms. The Hall–Kier alpha value is -1.21. The number of ether oxygens (including phenoxy) is 1. The second kappa shape index (κ2) is 13.4. The maximum atomic E-state index is 13.3. The van der Waals surface area contributed by atoms with Gasteiger partial charge >= 0.3 is 22.8 Å². The van der Waals surface area contributed by atoms with Crippen molar-refractivity contribution in [3.63, 3.8) is 0 Å². The van der Waals surface area contributed by atoms with Gasteiger partial charge in [-0.1, -0.05) is 55.4 Å². The summed E-state index contributed by atoms with van der Waals surface area (Å²) in [5, 5.41) is 2.01. The molecule has 256 valence electrons. The van der Waals surface area contributed by atoms with E-state index in [4.69, 9.17) is 22.5 Å². The predicted octanol–water partition coefficient (Wildman–Crippen LogP) is 3.32. The summed E-state index contributed by atoms with van der Waals surface area (Å²) in [5.74, 6) is 0. The van der Waals surface area contributed by atoms with Crippen LogP contribution in [0.4, 0.5) is 0 Å². The Kier molecular flexibility index (Phi) is 10.4. The van der Waals surface area contributed by atoms with Gasteiger partial charge in [0, 0.05) is 44.5 Å². The molecule has 0 aliphatic carbocycles. The molecule has 1 N–H and O–H groups in total. The van der Waals surface area contributed by atoms with Crippen molar-refractivity contribution in [3.05, 3.63) is 32.6 Å². The molecule has 1 aromatic rings. The molecule has 12 nitrogen and oxygen atoms in total. The minimum Gasteiger partial charge on any atom is -0.414 e. The zero-order valence-corrected chi connectivity index (χ0v) is 31.1. The number of rotatable bonds is 9. The lowest BCUT2D eigenvalue weighted by Crippen LogP contribution is -2.71. The second-order valence-corrected chi connectivity index (χ2v) is 23.8. The predicted molar refractivity (Wildman–Crippen MR) is 178 cm³/mol. The average molecular weight is 668 g/mol. The maximum absolute atomic E-state index is 13.3. The first kappa shape index (κ1) is 35.1. The highest BCUT2D eigenvalue weighted by atomic mass is 28.5. The first-order valence-corrected chi connectivity index (χ1v) is 20.9. The molecule has 4 unspecified atom stereocenters. The fourth-order valence-electron chi connectivity index (χ4n) is 7.71. The molecule has 4 saturated heterocycles. The molecule has 1 aromatic heterocycles. The smallest absolute Gasteiger partial charge is 0.335 e. The Morgan fingerprint density at radius 1 is 0.933 bits per heavy atom. The standard InChI is InChI=1S/C31H57N5O7Si2/c1-21(2)44(22(3)4)39-20-31-19-35(13-11-12-34-16-14-33(10)15-17-34)41-26(27(31)42-45(43-44,23(5)6)24(7)8)29(40-31)36-18-25(9)28(37)32-30(36)38/h18,21-24,26-27,29H,11-17,19-20H2,1-10H3,(H,32,37,38). The molecule has 45 heavy (non-hydrogen) atoms. The molecule has 4 fully saturated rings. The van der Waals surface area contributed by atoms with Gasteiger partial charge in [0.25, 0.3) is 5.56 Å². The number of H-pyrrole nitrogens is 1. The van der Waals surface area contributed by atoms with E-state index in [9.17, 15) is 9.59 Å². The van der Waals surface area contributed by atoms with E-state index in [0.717, 1.165) is 45.7 Å². The van der Waals surface area contributed by atoms with E-state index in [0.29, 0.717) is 12.1 Å². The van der Waals surface area contributed by atoms with Crippen LogP contribution in [-0.2, 0) is 22.5 Å². The van der Waals surface area contributed by atoms with Crippen molar-refractivity contribution >= 4 is 17.1 Å². The first-order valence-electron chi connectivity index (χ1n) is 17.0. The van der Waals surface area contributed by atoms with E-state index in [1.165, 1.54) is 4.57 Å². The van der Waals surface area contributed by atoms with Crippen LogP contribution >= 0.6 is 0 Å². The van der Waals surface area contributed by atoms with Crippen molar-refractivity contribution < 1.29 is 22.5 Å². The summed E-state index contributed by atoms with van der Waals surface area (Å²) in [6.07, 6.45) is 0.569. The Labute approximate surface area is 270 Å². The van der Waals surface area contributed by atoms with Crippen molar-refractivity contribution in [1.29, 1.82) is 0 Å². The number of hydrogen-bond acceptors (Lipinski definition) is 10. The number of aryl methyl sites for hydroxylation is 1. The van der Waals surface area contributed by atoms with Crippen molar-refractivity contribution in [3.8, 4) is 0 Å². The average Bonchev–Trinajstić information content (AvgIpc) is 3.11. The molecular formula is C31H57N5O7Si2. The van der Waals surface area contributed by atoms with Crippen molar-refractivity contribution in [2.24, 2.45) is 0 Å². The third-order valence-electron chi connectivity index (χ3n) is 10.5. The van der Waals surface area contributed by atoms with Gasteiger partial charge in [-0.3, -0.25) is 19.2 Å². The van der Waals surface area contributed by atoms with Crippen LogP contribution in [0.3, 0.4) is 0 Å². The Bertz CT molecular complexity index is 1280. The number of hydrogen-bond donors (Lipinski definition) is 1. The van der Waals surface area contributed by atoms with E-state index in [1.807, 2.05) is 5.06 Å². The minimum absolute atomic E-state index is 0.137. The van der Waals surface area contributed by atoms with E-state index < -0.39 is 52.4 Å². The number of piperazine rings is 1. The molecule has 2 bridgehead atoms. The molecule has 0 amide bonds. The van der Waals surface area contributed by atoms with Gasteiger partial charge in [0.15, 0.2) is 12.3 Å². The van der Waals surface area contributed by atoms with Crippen LogP contribution in [0.15, 0.2) is 15.8 Å². The van der Waals surface area contributed by atoms with E-state index in [2.05, 4.69) is 77.2 Å². The number of aromatic amines is 1.